The van der Waals surface area contributed by atoms with Gasteiger partial charge in [-0.05, 0) is 48.2 Å². The molecule has 6 N–H and O–H groups in total. The predicted octanol–water partition coefficient (Wildman–Crippen LogP) is 1.84. The van der Waals surface area contributed by atoms with Gasteiger partial charge in [-0.1, -0.05) is 12.1 Å². The minimum atomic E-state index is -1.77. The second kappa shape index (κ2) is 7.22. The van der Waals surface area contributed by atoms with E-state index in [1.165, 1.54) is 36.4 Å². The number of phenolic OH excluding ortho intramolecular Hbond substituents is 4. The maximum Gasteiger partial charge on any atom is 0.310 e. The first kappa shape index (κ1) is 18.9. The Bertz CT molecular complexity index is 790. The lowest BCUT2D eigenvalue weighted by Crippen LogP contribution is -2.38. The van der Waals surface area contributed by atoms with Crippen molar-refractivity contribution in [2.24, 2.45) is 5.41 Å². The van der Waals surface area contributed by atoms with E-state index in [9.17, 15) is 40.2 Å². The molecular weight excluding hydrogens is 344 g/mol. The van der Waals surface area contributed by atoms with Crippen molar-refractivity contribution < 1.29 is 40.2 Å². The number of aliphatic carboxylic acids is 2. The molecule has 2 rings (SSSR count). The van der Waals surface area contributed by atoms with Crippen LogP contribution in [-0.2, 0) is 22.4 Å². The maximum atomic E-state index is 12.0. The number of rotatable bonds is 7. The highest BCUT2D eigenvalue weighted by atomic mass is 16.4. The van der Waals surface area contributed by atoms with Crippen LogP contribution in [0.5, 0.6) is 23.0 Å². The summed E-state index contributed by atoms with van der Waals surface area (Å²) in [7, 11) is 0. The largest absolute Gasteiger partial charge is 0.504 e. The van der Waals surface area contributed by atoms with Gasteiger partial charge in [-0.3, -0.25) is 9.59 Å². The second-order valence-electron chi connectivity index (χ2n) is 6.16. The number of carbonyl (C=O) groups is 2. The summed E-state index contributed by atoms with van der Waals surface area (Å²) in [6.07, 6.45) is -1.17. The molecule has 26 heavy (non-hydrogen) atoms. The monoisotopic (exact) mass is 362 g/mol. The third-order valence-electron chi connectivity index (χ3n) is 4.11. The zero-order valence-corrected chi connectivity index (χ0v) is 13.6. The Labute approximate surface area is 148 Å². The summed E-state index contributed by atoms with van der Waals surface area (Å²) in [5.74, 6) is -4.33. The number of aromatic hydroxyl groups is 4. The van der Waals surface area contributed by atoms with Crippen LogP contribution < -0.4 is 0 Å². The first-order chi connectivity index (χ1) is 12.1. The molecule has 0 saturated heterocycles. The Morgan fingerprint density at radius 1 is 0.731 bits per heavy atom. The van der Waals surface area contributed by atoms with Crippen molar-refractivity contribution in [1.82, 2.24) is 0 Å². The molecule has 0 atom stereocenters. The van der Waals surface area contributed by atoms with Gasteiger partial charge in [0.2, 0.25) is 0 Å². The smallest absolute Gasteiger partial charge is 0.310 e. The number of benzene rings is 2. The van der Waals surface area contributed by atoms with Crippen LogP contribution in [0.2, 0.25) is 0 Å². The second-order valence-corrected chi connectivity index (χ2v) is 6.16. The number of hydrogen-bond donors (Lipinski definition) is 6. The van der Waals surface area contributed by atoms with Crippen LogP contribution in [-0.4, -0.2) is 42.6 Å². The highest BCUT2D eigenvalue weighted by Crippen LogP contribution is 2.36. The third-order valence-corrected chi connectivity index (χ3v) is 4.11. The maximum absolute atomic E-state index is 12.0. The summed E-state index contributed by atoms with van der Waals surface area (Å²) in [4.78, 5) is 23.3. The first-order valence-electron chi connectivity index (χ1n) is 7.60. The van der Waals surface area contributed by atoms with Gasteiger partial charge >= 0.3 is 11.9 Å². The summed E-state index contributed by atoms with van der Waals surface area (Å²) >= 11 is 0. The number of carboxylic acid groups (broad SMARTS) is 2. The lowest BCUT2D eigenvalue weighted by molar-refractivity contribution is -0.155. The summed E-state index contributed by atoms with van der Waals surface area (Å²) in [6, 6.07) is 7.49. The molecule has 0 amide bonds. The fraction of sp³-hybridized carbons (Fsp3) is 0.222. The minimum absolute atomic E-state index is 0.232. The van der Waals surface area contributed by atoms with E-state index in [2.05, 4.69) is 0 Å². The van der Waals surface area contributed by atoms with E-state index >= 15 is 0 Å². The fourth-order valence-electron chi connectivity index (χ4n) is 2.84. The average Bonchev–Trinajstić information content (AvgIpc) is 2.53. The van der Waals surface area contributed by atoms with E-state index in [1.54, 1.807) is 0 Å². The number of carboxylic acids is 2. The van der Waals surface area contributed by atoms with Crippen LogP contribution in [0.15, 0.2) is 36.4 Å². The number of hydrogen-bond acceptors (Lipinski definition) is 6. The van der Waals surface area contributed by atoms with E-state index in [4.69, 9.17) is 0 Å². The Hall–Kier alpha value is -3.42. The summed E-state index contributed by atoms with van der Waals surface area (Å²) in [6.45, 7) is 0. The van der Waals surface area contributed by atoms with Crippen LogP contribution in [0.4, 0.5) is 0 Å². The van der Waals surface area contributed by atoms with Gasteiger partial charge in [0.15, 0.2) is 23.0 Å². The van der Waals surface area contributed by atoms with E-state index in [0.717, 1.165) is 0 Å². The van der Waals surface area contributed by atoms with Crippen LogP contribution in [0.25, 0.3) is 0 Å². The summed E-state index contributed by atoms with van der Waals surface area (Å²) in [5, 5.41) is 56.9. The van der Waals surface area contributed by atoms with Crippen LogP contribution >= 0.6 is 0 Å². The van der Waals surface area contributed by atoms with Crippen molar-refractivity contribution in [1.29, 1.82) is 0 Å². The van der Waals surface area contributed by atoms with Crippen molar-refractivity contribution in [2.75, 3.05) is 0 Å². The van der Waals surface area contributed by atoms with Crippen LogP contribution in [0.1, 0.15) is 17.5 Å². The van der Waals surface area contributed by atoms with Crippen molar-refractivity contribution in [3.05, 3.63) is 47.5 Å². The molecule has 8 nitrogen and oxygen atoms in total. The van der Waals surface area contributed by atoms with E-state index in [1.807, 2.05) is 0 Å². The molecule has 0 heterocycles. The lowest BCUT2D eigenvalue weighted by Gasteiger charge is -2.28. The molecule has 0 bridgehead atoms. The van der Waals surface area contributed by atoms with Crippen molar-refractivity contribution in [3.63, 3.8) is 0 Å². The molecule has 0 aliphatic rings. The predicted molar refractivity (Wildman–Crippen MR) is 89.3 cm³/mol. The Morgan fingerprint density at radius 3 is 1.46 bits per heavy atom. The third kappa shape index (κ3) is 4.15. The molecular formula is C18H18O8. The summed E-state index contributed by atoms with van der Waals surface area (Å²) < 4.78 is 0. The molecule has 0 aliphatic heterocycles. The molecule has 0 fully saturated rings. The van der Waals surface area contributed by atoms with Crippen molar-refractivity contribution in [2.45, 2.75) is 19.3 Å². The molecule has 0 spiro atoms. The SMILES string of the molecule is O=C(O)CC(Cc1ccc(O)c(O)c1)(Cc1ccc(O)c(O)c1)C(=O)O. The first-order valence-corrected chi connectivity index (χ1v) is 7.60. The van der Waals surface area contributed by atoms with Gasteiger partial charge in [0.05, 0.1) is 11.8 Å². The molecule has 0 saturated carbocycles. The molecule has 0 aliphatic carbocycles. The van der Waals surface area contributed by atoms with E-state index in [0.29, 0.717) is 11.1 Å². The van der Waals surface area contributed by atoms with E-state index < -0.39 is 35.3 Å². The Balaban J connectivity index is 2.45. The molecule has 138 valence electrons. The normalized spacial score (nSPS) is 11.2. The Kier molecular flexibility index (Phi) is 5.25. The van der Waals surface area contributed by atoms with Gasteiger partial charge in [-0.25, -0.2) is 0 Å². The standard InChI is InChI=1S/C18H18O8/c19-12-3-1-10(5-14(12)21)7-18(17(25)26,9-16(23)24)8-11-2-4-13(20)15(22)6-11/h1-6,19-22H,7-9H2,(H,23,24)(H,25,26). The highest BCUT2D eigenvalue weighted by molar-refractivity contribution is 5.82. The van der Waals surface area contributed by atoms with Crippen LogP contribution in [0, 0.1) is 5.41 Å². The van der Waals surface area contributed by atoms with Gasteiger partial charge in [-0.15, -0.1) is 0 Å². The lowest BCUT2D eigenvalue weighted by atomic mass is 9.74. The van der Waals surface area contributed by atoms with Gasteiger partial charge in [-0.2, -0.15) is 0 Å². The van der Waals surface area contributed by atoms with Crippen LogP contribution in [0.3, 0.4) is 0 Å². The van der Waals surface area contributed by atoms with Gasteiger partial charge in [0, 0.05) is 0 Å². The van der Waals surface area contributed by atoms with E-state index in [-0.39, 0.29) is 24.3 Å². The molecule has 0 aromatic heterocycles. The zero-order chi connectivity index (χ0) is 19.5. The molecule has 2 aromatic rings. The Morgan fingerprint density at radius 2 is 1.15 bits per heavy atom. The van der Waals surface area contributed by atoms with Crippen molar-refractivity contribution >= 4 is 11.9 Å². The topological polar surface area (TPSA) is 156 Å². The average molecular weight is 362 g/mol. The fourth-order valence-corrected chi connectivity index (χ4v) is 2.84. The zero-order valence-electron chi connectivity index (χ0n) is 13.6. The molecule has 0 radical (unpaired) electrons. The van der Waals surface area contributed by atoms with Crippen molar-refractivity contribution in [3.8, 4) is 23.0 Å². The molecule has 8 heteroatoms. The molecule has 2 aromatic carbocycles. The summed E-state index contributed by atoms with van der Waals surface area (Å²) in [5.41, 5.74) is -1.11. The molecule has 0 unspecified atom stereocenters. The minimum Gasteiger partial charge on any atom is -0.504 e. The van der Waals surface area contributed by atoms with Gasteiger partial charge in [0.25, 0.3) is 0 Å². The number of phenols is 4. The highest BCUT2D eigenvalue weighted by Gasteiger charge is 2.41. The quantitative estimate of drug-likeness (QED) is 0.408. The van der Waals surface area contributed by atoms with Gasteiger partial charge < -0.3 is 30.6 Å². The van der Waals surface area contributed by atoms with Gasteiger partial charge in [0.1, 0.15) is 0 Å².